The maximum absolute atomic E-state index is 11.5. The Morgan fingerprint density at radius 1 is 0.513 bits per heavy atom. The smallest absolute Gasteiger partial charge is 0.354 e. The number of fused-ring (bicyclic) bond motifs is 6. The quantitative estimate of drug-likeness (QED) is 0.108. The number of carboxylic acid groups (broad SMARTS) is 1. The molecule has 2 saturated carbocycles. The van der Waals surface area contributed by atoms with E-state index >= 15 is 0 Å². The molecule has 6 aromatic carbocycles. The lowest BCUT2D eigenvalue weighted by Crippen LogP contribution is -2.43. The molecule has 0 unspecified atom stereocenters. The minimum absolute atomic E-state index is 0.0140. The SMILES string of the molecule is NC1(c2ccc(-c3nc4c5ccc(-c6ccc(=O)[nH]c6)cc5nn4cc3-c3ccccc3)cc2)CCC1.NC1(c2ccc(-c3nc4c5ccc(-c6ccc(C(=O)O)nc6)cc5nn4cc3-c3ccccc3)cc2)CCC1. The summed E-state index contributed by atoms with van der Waals surface area (Å²) in [5, 5.41) is 20.8. The second-order valence-electron chi connectivity index (χ2n) is 20.1. The van der Waals surface area contributed by atoms with Crippen LogP contribution in [-0.2, 0) is 11.1 Å². The Hall–Kier alpha value is -9.43. The topological polar surface area (TPSA) is 195 Å². The van der Waals surface area contributed by atoms with Crippen LogP contribution >= 0.6 is 0 Å². The molecule has 13 heteroatoms. The van der Waals surface area contributed by atoms with Crippen LogP contribution in [0.25, 0.3) is 100 Å². The summed E-state index contributed by atoms with van der Waals surface area (Å²) in [5.74, 6) is -1.05. The van der Waals surface area contributed by atoms with Gasteiger partial charge in [0.1, 0.15) is 5.69 Å². The molecule has 2 aliphatic rings. The van der Waals surface area contributed by atoms with Crippen molar-refractivity contribution in [3.63, 3.8) is 0 Å². The molecule has 76 heavy (non-hydrogen) atoms. The summed E-state index contributed by atoms with van der Waals surface area (Å²) in [6, 6.07) is 56.3. The molecule has 13 nitrogen and oxygen atoms in total. The Kier molecular flexibility index (Phi) is 11.3. The van der Waals surface area contributed by atoms with E-state index in [1.807, 2.05) is 88.0 Å². The maximum atomic E-state index is 11.5. The number of pyridine rings is 2. The third kappa shape index (κ3) is 8.37. The van der Waals surface area contributed by atoms with Gasteiger partial charge in [0.15, 0.2) is 11.3 Å². The molecule has 14 rings (SSSR count). The molecule has 0 aliphatic heterocycles. The summed E-state index contributed by atoms with van der Waals surface area (Å²) < 4.78 is 3.70. The van der Waals surface area contributed by atoms with E-state index in [9.17, 15) is 9.59 Å². The first-order valence-electron chi connectivity index (χ1n) is 25.5. The van der Waals surface area contributed by atoms with Crippen LogP contribution in [0.4, 0.5) is 0 Å². The Bertz CT molecular complexity index is 4220. The van der Waals surface area contributed by atoms with Crippen molar-refractivity contribution in [2.24, 2.45) is 11.5 Å². The van der Waals surface area contributed by atoms with E-state index < -0.39 is 5.97 Å². The van der Waals surface area contributed by atoms with E-state index in [-0.39, 0.29) is 22.3 Å². The summed E-state index contributed by atoms with van der Waals surface area (Å²) in [7, 11) is 0. The van der Waals surface area contributed by atoms with Gasteiger partial charge in [0.05, 0.1) is 22.4 Å². The van der Waals surface area contributed by atoms with Crippen LogP contribution in [0, 0.1) is 0 Å². The van der Waals surface area contributed by atoms with Crippen LogP contribution in [0.5, 0.6) is 0 Å². The highest BCUT2D eigenvalue weighted by Crippen LogP contribution is 2.42. The molecule has 12 aromatic rings. The van der Waals surface area contributed by atoms with Gasteiger partial charge in [0, 0.05) is 80.5 Å². The van der Waals surface area contributed by atoms with Gasteiger partial charge in [-0.25, -0.2) is 28.8 Å². The number of nitrogens with zero attached hydrogens (tertiary/aromatic N) is 7. The third-order valence-corrected chi connectivity index (χ3v) is 15.4. The minimum atomic E-state index is -1.05. The largest absolute Gasteiger partial charge is 0.477 e. The van der Waals surface area contributed by atoms with E-state index in [0.29, 0.717) is 0 Å². The number of nitrogens with one attached hydrogen (secondary N) is 1. The van der Waals surface area contributed by atoms with Crippen LogP contribution in [0.15, 0.2) is 199 Å². The van der Waals surface area contributed by atoms with Gasteiger partial charge in [-0.1, -0.05) is 127 Å². The molecule has 0 radical (unpaired) electrons. The molecule has 0 amide bonds. The van der Waals surface area contributed by atoms with E-state index in [1.165, 1.54) is 36.1 Å². The van der Waals surface area contributed by atoms with Gasteiger partial charge in [-0.2, -0.15) is 10.2 Å². The van der Waals surface area contributed by atoms with Crippen LogP contribution in [-0.4, -0.2) is 50.2 Å². The predicted octanol–water partition coefficient (Wildman–Crippen LogP) is 12.2. The fourth-order valence-corrected chi connectivity index (χ4v) is 10.6. The highest BCUT2D eigenvalue weighted by Gasteiger charge is 2.35. The van der Waals surface area contributed by atoms with Crippen LogP contribution in [0.3, 0.4) is 0 Å². The van der Waals surface area contributed by atoms with Crippen molar-refractivity contribution in [3.8, 4) is 67.0 Å². The zero-order valence-electron chi connectivity index (χ0n) is 41.3. The molecule has 0 saturated heterocycles. The normalized spacial score (nSPS) is 14.5. The number of aromatic carboxylic acids is 1. The number of aromatic nitrogens is 8. The van der Waals surface area contributed by atoms with Crippen molar-refractivity contribution in [3.05, 3.63) is 222 Å². The lowest BCUT2D eigenvalue weighted by atomic mass is 9.72. The highest BCUT2D eigenvalue weighted by atomic mass is 16.4. The molecule has 2 fully saturated rings. The molecule has 6 aromatic heterocycles. The number of carboxylic acids is 1. The number of rotatable bonds is 9. The number of benzene rings is 6. The first kappa shape index (κ1) is 46.4. The fraction of sp³-hybridized carbons (Fsp3) is 0.127. The summed E-state index contributed by atoms with van der Waals surface area (Å²) in [6.07, 6.45) is 13.9. The third-order valence-electron chi connectivity index (χ3n) is 15.4. The average Bonchev–Trinajstić information content (AvgIpc) is 4.01. The minimum Gasteiger partial charge on any atom is -0.477 e. The van der Waals surface area contributed by atoms with Gasteiger partial charge < -0.3 is 21.6 Å². The lowest BCUT2D eigenvalue weighted by molar-refractivity contribution is 0.0690. The number of hydrogen-bond donors (Lipinski definition) is 4. The second-order valence-corrected chi connectivity index (χ2v) is 20.1. The monoisotopic (exact) mass is 994 g/mol. The van der Waals surface area contributed by atoms with Crippen molar-refractivity contribution in [1.29, 1.82) is 0 Å². The molecule has 0 bridgehead atoms. The zero-order chi connectivity index (χ0) is 51.5. The van der Waals surface area contributed by atoms with Crippen molar-refractivity contribution in [2.75, 3.05) is 0 Å². The van der Waals surface area contributed by atoms with Crippen molar-refractivity contribution in [1.82, 2.24) is 39.2 Å². The zero-order valence-corrected chi connectivity index (χ0v) is 41.3. The number of hydrogen-bond acceptors (Lipinski definition) is 9. The molecule has 0 spiro atoms. The molecule has 6 heterocycles. The molecular weight excluding hydrogens is 945 g/mol. The molecule has 370 valence electrons. The number of aromatic amines is 1. The first-order valence-corrected chi connectivity index (χ1v) is 25.5. The molecule has 6 N–H and O–H groups in total. The number of nitrogens with two attached hydrogens (primary N) is 2. The van der Waals surface area contributed by atoms with Gasteiger partial charge in [0.2, 0.25) is 5.56 Å². The Labute approximate surface area is 436 Å². The Balaban J connectivity index is 0.000000146. The van der Waals surface area contributed by atoms with E-state index in [1.54, 1.807) is 18.5 Å². The van der Waals surface area contributed by atoms with Gasteiger partial charge in [0.25, 0.3) is 0 Å². The van der Waals surface area contributed by atoms with Gasteiger partial charge >= 0.3 is 5.97 Å². The maximum Gasteiger partial charge on any atom is 0.354 e. The predicted molar refractivity (Wildman–Crippen MR) is 298 cm³/mol. The first-order chi connectivity index (χ1) is 37.1. The summed E-state index contributed by atoms with van der Waals surface area (Å²) >= 11 is 0. The van der Waals surface area contributed by atoms with Crippen molar-refractivity contribution < 1.29 is 9.90 Å². The van der Waals surface area contributed by atoms with Crippen molar-refractivity contribution in [2.45, 2.75) is 49.6 Å². The fourth-order valence-electron chi connectivity index (χ4n) is 10.6. The standard InChI is InChI=1S/C32H25N5O2.C31H25N5O/c33-32(15-4-16-32)24-11-7-21(8-12-24)29-26(20-5-2-1-3-6-20)19-37-30(35-29)25-13-9-22(17-28(25)36-37)23-10-14-27(31(38)39)34-18-23;32-31(15-4-16-31)24-11-7-21(8-12-24)29-26(20-5-2-1-3-6-20)19-36-30(34-29)25-13-9-22(17-27(25)35-36)23-10-14-28(37)33-18-23/h1-3,5-14,17-19H,4,15-16,33H2,(H,38,39);1-3,5-14,17-19H,4,15-16,32H2,(H,33,37). The average molecular weight is 995 g/mol. The van der Waals surface area contributed by atoms with Crippen LogP contribution in [0.2, 0.25) is 0 Å². The second kappa shape index (κ2) is 18.5. The lowest BCUT2D eigenvalue weighted by Gasteiger charge is -2.38. The van der Waals surface area contributed by atoms with Crippen molar-refractivity contribution >= 4 is 39.1 Å². The van der Waals surface area contributed by atoms with E-state index in [4.69, 9.17) is 36.7 Å². The molecule has 0 atom stereocenters. The summed E-state index contributed by atoms with van der Waals surface area (Å²) in [5.41, 5.74) is 29.9. The highest BCUT2D eigenvalue weighted by molar-refractivity contribution is 5.98. The van der Waals surface area contributed by atoms with Gasteiger partial charge in [-0.05, 0) is 114 Å². The van der Waals surface area contributed by atoms with Gasteiger partial charge in [-0.15, -0.1) is 0 Å². The van der Waals surface area contributed by atoms with E-state index in [2.05, 4.69) is 95.0 Å². The summed E-state index contributed by atoms with van der Waals surface area (Å²) in [4.78, 5) is 39.8. The number of H-pyrrole nitrogens is 1. The number of carbonyl (C=O) groups is 1. The Morgan fingerprint density at radius 3 is 1.37 bits per heavy atom. The Morgan fingerprint density at radius 2 is 0.961 bits per heavy atom. The van der Waals surface area contributed by atoms with Crippen LogP contribution < -0.4 is 17.0 Å². The van der Waals surface area contributed by atoms with Crippen LogP contribution in [0.1, 0.15) is 60.1 Å². The molecule has 2 aliphatic carbocycles. The van der Waals surface area contributed by atoms with Gasteiger partial charge in [-0.3, -0.25) is 4.79 Å². The molecular formula is C63H50N10O3. The van der Waals surface area contributed by atoms with E-state index in [0.717, 1.165) is 126 Å². The summed E-state index contributed by atoms with van der Waals surface area (Å²) in [6.45, 7) is 0.